The fourth-order valence-corrected chi connectivity index (χ4v) is 5.16. The van der Waals surface area contributed by atoms with Gasteiger partial charge >= 0.3 is 18.0 Å². The van der Waals surface area contributed by atoms with E-state index in [1.807, 2.05) is 71.9 Å². The maximum atomic E-state index is 13.5. The third kappa shape index (κ3) is 7.86. The van der Waals surface area contributed by atoms with Gasteiger partial charge in [-0.25, -0.2) is 9.59 Å². The summed E-state index contributed by atoms with van der Waals surface area (Å²) in [5.41, 5.74) is -0.0337. The summed E-state index contributed by atoms with van der Waals surface area (Å²) >= 11 is 0. The van der Waals surface area contributed by atoms with E-state index >= 15 is 0 Å². The van der Waals surface area contributed by atoms with E-state index in [2.05, 4.69) is 10.6 Å². The predicted octanol–water partition coefficient (Wildman–Crippen LogP) is 5.42. The summed E-state index contributed by atoms with van der Waals surface area (Å²) in [4.78, 5) is 51.4. The van der Waals surface area contributed by atoms with E-state index < -0.39 is 40.5 Å². The first-order chi connectivity index (χ1) is 19.2. The quantitative estimate of drug-likeness (QED) is 0.307. The Morgan fingerprint density at radius 1 is 0.951 bits per heavy atom. The molecule has 2 amide bonds. The highest BCUT2D eigenvalue weighted by Crippen LogP contribution is 2.57. The zero-order valence-electron chi connectivity index (χ0n) is 25.0. The molecule has 2 aromatic rings. The second-order valence-electron chi connectivity index (χ2n) is 12.3. The number of benzene rings is 2. The van der Waals surface area contributed by atoms with Crippen LogP contribution in [0.5, 0.6) is 0 Å². The summed E-state index contributed by atoms with van der Waals surface area (Å²) in [6, 6.07) is 15.3. The zero-order valence-corrected chi connectivity index (χ0v) is 25.0. The third-order valence-corrected chi connectivity index (χ3v) is 8.05. The van der Waals surface area contributed by atoms with Crippen molar-refractivity contribution < 1.29 is 33.4 Å². The monoisotopic (exact) mass is 566 g/mol. The van der Waals surface area contributed by atoms with Gasteiger partial charge in [0, 0.05) is 18.0 Å². The van der Waals surface area contributed by atoms with E-state index in [-0.39, 0.29) is 24.9 Å². The van der Waals surface area contributed by atoms with Crippen molar-refractivity contribution in [1.82, 2.24) is 5.32 Å². The van der Waals surface area contributed by atoms with Gasteiger partial charge in [0.15, 0.2) is 0 Å². The Bertz CT molecular complexity index is 1230. The lowest BCUT2D eigenvalue weighted by molar-refractivity contribution is -0.173. The topological polar surface area (TPSA) is 120 Å². The van der Waals surface area contributed by atoms with Crippen LogP contribution in [-0.4, -0.2) is 42.7 Å². The molecule has 0 unspecified atom stereocenters. The molecule has 0 spiro atoms. The summed E-state index contributed by atoms with van der Waals surface area (Å²) in [6.07, 6.45) is 0.591. The standard InChI is InChI=1S/C32H42N2O7/c1-30(2,3)41-28(37)32(6)18-17-24(31(32,4)5)26(35)34-25(27(36)39-7)19-21-13-15-23(16-14-21)33-29(38)40-20-22-11-9-8-10-12-22/h8-16,24-25H,17-20H2,1-7H3,(H,33,38)(H,34,35)/t24-,25+,32+/m1/s1. The summed E-state index contributed by atoms with van der Waals surface area (Å²) in [5, 5.41) is 5.54. The van der Waals surface area contributed by atoms with Crippen LogP contribution in [0.2, 0.25) is 0 Å². The molecule has 9 nitrogen and oxygen atoms in total. The van der Waals surface area contributed by atoms with Crippen LogP contribution in [0.4, 0.5) is 10.5 Å². The Kier molecular flexibility index (Phi) is 9.84. The number of methoxy groups -OCH3 is 1. The van der Waals surface area contributed by atoms with Gasteiger partial charge in [-0.2, -0.15) is 0 Å². The molecule has 3 atom stereocenters. The highest BCUT2D eigenvalue weighted by atomic mass is 16.6. The van der Waals surface area contributed by atoms with Gasteiger partial charge in [-0.3, -0.25) is 14.9 Å². The zero-order chi connectivity index (χ0) is 30.4. The lowest BCUT2D eigenvalue weighted by Gasteiger charge is -2.40. The van der Waals surface area contributed by atoms with E-state index in [0.717, 1.165) is 11.1 Å². The number of hydrogen-bond donors (Lipinski definition) is 2. The molecule has 0 aromatic heterocycles. The van der Waals surface area contributed by atoms with Crippen molar-refractivity contribution in [2.45, 2.75) is 79.1 Å². The minimum Gasteiger partial charge on any atom is -0.467 e. The molecule has 222 valence electrons. The van der Waals surface area contributed by atoms with Crippen molar-refractivity contribution in [1.29, 1.82) is 0 Å². The first kappa shape index (κ1) is 31.6. The normalized spacial score (nSPS) is 20.4. The number of anilines is 1. The Morgan fingerprint density at radius 2 is 1.59 bits per heavy atom. The van der Waals surface area contributed by atoms with E-state index in [4.69, 9.17) is 14.2 Å². The molecular weight excluding hydrogens is 524 g/mol. The smallest absolute Gasteiger partial charge is 0.411 e. The van der Waals surface area contributed by atoms with E-state index in [0.29, 0.717) is 18.5 Å². The van der Waals surface area contributed by atoms with Crippen molar-refractivity contribution in [3.63, 3.8) is 0 Å². The summed E-state index contributed by atoms with van der Waals surface area (Å²) < 4.78 is 15.9. The lowest BCUT2D eigenvalue weighted by atomic mass is 9.65. The van der Waals surface area contributed by atoms with E-state index in [1.165, 1.54) is 7.11 Å². The maximum absolute atomic E-state index is 13.5. The molecule has 0 aliphatic heterocycles. The SMILES string of the molecule is COC(=O)[C@H](Cc1ccc(NC(=O)OCc2ccccc2)cc1)NC(=O)[C@H]1CC[C@@](C)(C(=O)OC(C)(C)C)C1(C)C. The Hall–Kier alpha value is -3.88. The maximum Gasteiger partial charge on any atom is 0.411 e. The molecule has 1 aliphatic rings. The number of esters is 2. The average Bonchev–Trinajstić information content (AvgIpc) is 3.16. The minimum atomic E-state index is -0.925. The molecule has 41 heavy (non-hydrogen) atoms. The summed E-state index contributed by atoms with van der Waals surface area (Å²) in [5.74, 6) is -1.71. The number of carbonyl (C=O) groups excluding carboxylic acids is 4. The Balaban J connectivity index is 1.63. The average molecular weight is 567 g/mol. The number of nitrogens with one attached hydrogen (secondary N) is 2. The van der Waals surface area contributed by atoms with Gasteiger partial charge in [0.25, 0.3) is 0 Å². The Labute approximate surface area is 242 Å². The predicted molar refractivity (Wildman–Crippen MR) is 155 cm³/mol. The third-order valence-electron chi connectivity index (χ3n) is 8.05. The van der Waals surface area contributed by atoms with Gasteiger partial charge < -0.3 is 19.5 Å². The fourth-order valence-electron chi connectivity index (χ4n) is 5.16. The van der Waals surface area contributed by atoms with Gasteiger partial charge in [0.05, 0.1) is 12.5 Å². The number of carbonyl (C=O) groups is 4. The van der Waals surface area contributed by atoms with Crippen molar-refractivity contribution in [3.8, 4) is 0 Å². The highest BCUT2D eigenvalue weighted by molar-refractivity contribution is 5.88. The molecule has 2 aromatic carbocycles. The molecule has 1 aliphatic carbocycles. The van der Waals surface area contributed by atoms with Crippen LogP contribution in [0.15, 0.2) is 54.6 Å². The lowest BCUT2D eigenvalue weighted by Crippen LogP contribution is -2.51. The summed E-state index contributed by atoms with van der Waals surface area (Å²) in [7, 11) is 1.27. The minimum absolute atomic E-state index is 0.153. The van der Waals surface area contributed by atoms with Crippen LogP contribution in [0.25, 0.3) is 0 Å². The van der Waals surface area contributed by atoms with E-state index in [1.54, 1.807) is 24.3 Å². The van der Waals surface area contributed by atoms with Crippen molar-refractivity contribution in [2.24, 2.45) is 16.7 Å². The first-order valence-corrected chi connectivity index (χ1v) is 13.8. The van der Waals surface area contributed by atoms with Gasteiger partial charge in [-0.05, 0) is 69.2 Å². The van der Waals surface area contributed by atoms with Gasteiger partial charge in [-0.15, -0.1) is 0 Å². The van der Waals surface area contributed by atoms with Gasteiger partial charge in [-0.1, -0.05) is 56.3 Å². The van der Waals surface area contributed by atoms with Crippen molar-refractivity contribution in [2.75, 3.05) is 12.4 Å². The largest absolute Gasteiger partial charge is 0.467 e. The van der Waals surface area contributed by atoms with Crippen LogP contribution in [0.1, 0.15) is 65.5 Å². The second kappa shape index (κ2) is 12.7. The molecule has 0 radical (unpaired) electrons. The number of hydrogen-bond acceptors (Lipinski definition) is 7. The molecule has 0 bridgehead atoms. The van der Waals surface area contributed by atoms with Crippen LogP contribution in [-0.2, 0) is 41.6 Å². The molecule has 0 saturated heterocycles. The molecule has 9 heteroatoms. The fraction of sp³-hybridized carbons (Fsp3) is 0.500. The van der Waals surface area contributed by atoms with Gasteiger partial charge in [0.1, 0.15) is 18.2 Å². The number of rotatable bonds is 9. The van der Waals surface area contributed by atoms with Crippen molar-refractivity contribution in [3.05, 3.63) is 65.7 Å². The van der Waals surface area contributed by atoms with Crippen molar-refractivity contribution >= 4 is 29.6 Å². The van der Waals surface area contributed by atoms with Crippen LogP contribution < -0.4 is 10.6 Å². The molecule has 1 saturated carbocycles. The van der Waals surface area contributed by atoms with Crippen LogP contribution >= 0.6 is 0 Å². The molecule has 1 fully saturated rings. The molecule has 2 N–H and O–H groups in total. The van der Waals surface area contributed by atoms with E-state index in [9.17, 15) is 19.2 Å². The Morgan fingerprint density at radius 3 is 2.17 bits per heavy atom. The van der Waals surface area contributed by atoms with Crippen LogP contribution in [0.3, 0.4) is 0 Å². The van der Waals surface area contributed by atoms with Crippen LogP contribution in [0, 0.1) is 16.7 Å². The summed E-state index contributed by atoms with van der Waals surface area (Å²) in [6.45, 7) is 11.3. The molecule has 0 heterocycles. The molecular formula is C32H42N2O7. The second-order valence-corrected chi connectivity index (χ2v) is 12.3. The molecule has 3 rings (SSSR count). The number of ether oxygens (including phenoxy) is 3. The first-order valence-electron chi connectivity index (χ1n) is 13.8. The number of amides is 2. The highest BCUT2D eigenvalue weighted by Gasteiger charge is 2.59. The van der Waals surface area contributed by atoms with Gasteiger partial charge in [0.2, 0.25) is 5.91 Å².